The molecule has 0 aliphatic carbocycles. The zero-order chi connectivity index (χ0) is 24.7. The fourth-order valence-corrected chi connectivity index (χ4v) is 5.19. The molecule has 34 heavy (non-hydrogen) atoms. The van der Waals surface area contributed by atoms with Crippen LogP contribution >= 0.6 is 11.8 Å². The van der Waals surface area contributed by atoms with E-state index in [1.54, 1.807) is 24.3 Å². The van der Waals surface area contributed by atoms with Crippen molar-refractivity contribution in [2.24, 2.45) is 5.14 Å². The molecule has 0 saturated carbocycles. The summed E-state index contributed by atoms with van der Waals surface area (Å²) in [7, 11) is -4.27. The molecule has 3 rings (SSSR count). The van der Waals surface area contributed by atoms with Gasteiger partial charge in [0, 0.05) is 18.4 Å². The van der Waals surface area contributed by atoms with Crippen LogP contribution in [0.15, 0.2) is 87.5 Å². The van der Waals surface area contributed by atoms with E-state index in [1.165, 1.54) is 13.0 Å². The normalized spacial score (nSPS) is 11.4. The molecule has 5 N–H and O–H groups in total. The minimum atomic E-state index is -4.27. The number of amides is 1. The molecular formula is C24H23N3O5S2. The van der Waals surface area contributed by atoms with Crippen LogP contribution in [0.25, 0.3) is 6.08 Å². The van der Waals surface area contributed by atoms with Crippen molar-refractivity contribution in [3.63, 3.8) is 0 Å². The summed E-state index contributed by atoms with van der Waals surface area (Å²) in [5.74, 6) is -1.58. The van der Waals surface area contributed by atoms with E-state index in [0.717, 1.165) is 23.4 Å². The lowest BCUT2D eigenvalue weighted by molar-refractivity contribution is -0.114. The van der Waals surface area contributed by atoms with E-state index >= 15 is 0 Å². The van der Waals surface area contributed by atoms with Gasteiger partial charge in [-0.3, -0.25) is 4.79 Å². The summed E-state index contributed by atoms with van der Waals surface area (Å²) < 4.78 is 24.8. The van der Waals surface area contributed by atoms with Gasteiger partial charge in [-0.25, -0.2) is 18.4 Å². The van der Waals surface area contributed by atoms with E-state index in [9.17, 15) is 23.1 Å². The Hall–Kier alpha value is -3.60. The third-order valence-corrected chi connectivity index (χ3v) is 6.82. The van der Waals surface area contributed by atoms with Crippen molar-refractivity contribution >= 4 is 51.1 Å². The van der Waals surface area contributed by atoms with Crippen molar-refractivity contribution in [2.75, 3.05) is 17.2 Å². The number of carboxylic acid groups (broad SMARTS) is 1. The lowest BCUT2D eigenvalue weighted by Gasteiger charge is -2.17. The first-order valence-electron chi connectivity index (χ1n) is 10.1. The smallest absolute Gasteiger partial charge is 0.335 e. The van der Waals surface area contributed by atoms with Crippen LogP contribution in [0.5, 0.6) is 0 Å². The van der Waals surface area contributed by atoms with Gasteiger partial charge in [0.15, 0.2) is 0 Å². The van der Waals surface area contributed by atoms with E-state index in [-0.39, 0.29) is 26.9 Å². The molecule has 0 bridgehead atoms. The molecule has 0 saturated heterocycles. The third kappa shape index (κ3) is 6.70. The van der Waals surface area contributed by atoms with Gasteiger partial charge in [-0.2, -0.15) is 0 Å². The summed E-state index contributed by atoms with van der Waals surface area (Å²) in [5, 5.41) is 20.8. The van der Waals surface area contributed by atoms with E-state index < -0.39 is 16.0 Å². The number of benzene rings is 3. The van der Waals surface area contributed by atoms with Gasteiger partial charge in [0.05, 0.1) is 26.7 Å². The predicted octanol–water partition coefficient (Wildman–Crippen LogP) is 4.27. The number of nitrogens with two attached hydrogens (primary N) is 1. The van der Waals surface area contributed by atoms with Crippen LogP contribution in [0, 0.1) is 0 Å². The van der Waals surface area contributed by atoms with E-state index in [4.69, 9.17) is 5.14 Å². The quantitative estimate of drug-likeness (QED) is 0.346. The Morgan fingerprint density at radius 2 is 1.71 bits per heavy atom. The summed E-state index contributed by atoms with van der Waals surface area (Å²) in [4.78, 5) is 23.7. The maximum atomic E-state index is 12.4. The summed E-state index contributed by atoms with van der Waals surface area (Å²) >= 11 is 1.06. The molecule has 0 unspecified atom stereocenters. The lowest BCUT2D eigenvalue weighted by atomic mass is 10.2. The van der Waals surface area contributed by atoms with Crippen LogP contribution in [0.2, 0.25) is 0 Å². The predicted molar refractivity (Wildman–Crippen MR) is 134 cm³/mol. The first-order valence-corrected chi connectivity index (χ1v) is 12.5. The van der Waals surface area contributed by atoms with Gasteiger partial charge >= 0.3 is 5.97 Å². The van der Waals surface area contributed by atoms with Crippen LogP contribution in [0.1, 0.15) is 22.8 Å². The number of carbonyl (C=O) groups excluding carboxylic acids is 1. The Morgan fingerprint density at radius 3 is 2.35 bits per heavy atom. The highest BCUT2D eigenvalue weighted by atomic mass is 32.2. The third-order valence-electron chi connectivity index (χ3n) is 4.54. The highest BCUT2D eigenvalue weighted by Gasteiger charge is 2.23. The topological polar surface area (TPSA) is 139 Å². The summed E-state index contributed by atoms with van der Waals surface area (Å²) in [6.07, 6.45) is 3.71. The molecular weight excluding hydrogens is 474 g/mol. The van der Waals surface area contributed by atoms with Gasteiger partial charge in [0.1, 0.15) is 0 Å². The molecule has 0 radical (unpaired) electrons. The summed E-state index contributed by atoms with van der Waals surface area (Å²) in [5.41, 5.74) is 1.52. The number of hydrogen-bond donors (Lipinski definition) is 4. The Balaban J connectivity index is 2.04. The van der Waals surface area contributed by atoms with Gasteiger partial charge in [-0.1, -0.05) is 66.4 Å². The van der Waals surface area contributed by atoms with Gasteiger partial charge < -0.3 is 15.7 Å². The number of primary sulfonamides is 1. The van der Waals surface area contributed by atoms with Gasteiger partial charge in [0.25, 0.3) is 0 Å². The maximum Gasteiger partial charge on any atom is 0.335 e. The number of rotatable bonds is 9. The van der Waals surface area contributed by atoms with Crippen molar-refractivity contribution in [1.82, 2.24) is 0 Å². The van der Waals surface area contributed by atoms with E-state index in [2.05, 4.69) is 10.6 Å². The Labute approximate surface area is 201 Å². The molecule has 0 aromatic heterocycles. The first kappa shape index (κ1) is 25.0. The van der Waals surface area contributed by atoms with Crippen LogP contribution in [0.3, 0.4) is 0 Å². The largest absolute Gasteiger partial charge is 0.478 e. The maximum absolute atomic E-state index is 12.4. The first-order chi connectivity index (χ1) is 16.1. The number of nitrogens with one attached hydrogen (secondary N) is 2. The average Bonchev–Trinajstić information content (AvgIpc) is 2.78. The van der Waals surface area contributed by atoms with Crippen LogP contribution < -0.4 is 15.8 Å². The minimum Gasteiger partial charge on any atom is -0.478 e. The Kier molecular flexibility index (Phi) is 8.11. The van der Waals surface area contributed by atoms with Crippen molar-refractivity contribution in [3.05, 3.63) is 83.9 Å². The minimum absolute atomic E-state index is 0.221. The molecule has 0 aliphatic rings. The Morgan fingerprint density at radius 1 is 1.03 bits per heavy atom. The zero-order valence-corrected chi connectivity index (χ0v) is 19.8. The fraction of sp³-hybridized carbons (Fsp3) is 0.0833. The number of aromatic carboxylic acids is 1. The molecule has 3 aromatic rings. The average molecular weight is 498 g/mol. The number of sulfonamides is 1. The molecule has 0 spiro atoms. The molecule has 0 fully saturated rings. The molecule has 176 valence electrons. The number of hydrogen-bond acceptors (Lipinski definition) is 6. The van der Waals surface area contributed by atoms with Crippen molar-refractivity contribution in [1.29, 1.82) is 0 Å². The van der Waals surface area contributed by atoms with E-state index in [1.807, 2.05) is 42.5 Å². The molecule has 10 heteroatoms. The SMILES string of the molecule is CC(=O)Nc1ccccc1Sc1c(NCC=Cc2ccccc2)cc(C(=O)O)cc1S(N)(=O)=O. The summed E-state index contributed by atoms with van der Waals surface area (Å²) in [6.45, 7) is 1.66. The monoisotopic (exact) mass is 497 g/mol. The van der Waals surface area contributed by atoms with Crippen LogP contribution in [-0.4, -0.2) is 31.9 Å². The second-order valence-corrected chi connectivity index (χ2v) is 9.76. The second-order valence-electron chi connectivity index (χ2n) is 7.17. The lowest BCUT2D eigenvalue weighted by Crippen LogP contribution is -2.16. The van der Waals surface area contributed by atoms with E-state index in [0.29, 0.717) is 17.1 Å². The standard InChI is InChI=1S/C24H23N3O5S2/c1-16(28)27-19-11-5-6-12-21(19)33-23-20(26-13-7-10-17-8-3-2-4-9-17)14-18(24(29)30)15-22(23)34(25,31)32/h2-12,14-15,26H,13H2,1H3,(H,27,28)(H,29,30)(H2,25,31,32). The van der Waals surface area contributed by atoms with Crippen molar-refractivity contribution in [2.45, 2.75) is 21.6 Å². The molecule has 8 nitrogen and oxygen atoms in total. The zero-order valence-electron chi connectivity index (χ0n) is 18.2. The highest BCUT2D eigenvalue weighted by molar-refractivity contribution is 8.00. The van der Waals surface area contributed by atoms with Crippen LogP contribution in [-0.2, 0) is 14.8 Å². The second kappa shape index (κ2) is 11.0. The summed E-state index contributed by atoms with van der Waals surface area (Å²) in [6, 6.07) is 18.8. The molecule has 0 atom stereocenters. The highest BCUT2D eigenvalue weighted by Crippen LogP contribution is 2.41. The number of anilines is 2. The van der Waals surface area contributed by atoms with Crippen molar-refractivity contribution in [3.8, 4) is 0 Å². The molecule has 1 amide bonds. The van der Waals surface area contributed by atoms with Gasteiger partial charge in [-0.15, -0.1) is 0 Å². The number of carbonyl (C=O) groups is 2. The van der Waals surface area contributed by atoms with Crippen LogP contribution in [0.4, 0.5) is 11.4 Å². The number of carboxylic acids is 1. The molecule has 3 aromatic carbocycles. The fourth-order valence-electron chi connectivity index (χ4n) is 3.06. The Bertz CT molecular complexity index is 1340. The molecule has 0 aliphatic heterocycles. The molecule has 0 heterocycles. The van der Waals surface area contributed by atoms with Gasteiger partial charge in [-0.05, 0) is 29.8 Å². The van der Waals surface area contributed by atoms with Crippen molar-refractivity contribution < 1.29 is 23.1 Å². The number of para-hydroxylation sites is 1. The van der Waals surface area contributed by atoms with Gasteiger partial charge in [0.2, 0.25) is 15.9 Å².